The van der Waals surface area contributed by atoms with Gasteiger partial charge in [-0.1, -0.05) is 0 Å². The zero-order chi connectivity index (χ0) is 30.7. The van der Waals surface area contributed by atoms with Crippen LogP contribution >= 0.6 is 11.8 Å². The molecule has 4 unspecified atom stereocenters. The molecule has 0 rings (SSSR count). The highest BCUT2D eigenvalue weighted by atomic mass is 32.2. The van der Waals surface area contributed by atoms with Gasteiger partial charge in [0.15, 0.2) is 11.9 Å². The zero-order valence-electron chi connectivity index (χ0n) is 22.5. The third-order valence-electron chi connectivity index (χ3n) is 5.39. The van der Waals surface area contributed by atoms with Crippen molar-refractivity contribution in [2.24, 2.45) is 38.7 Å². The number of carboxylic acids is 2. The van der Waals surface area contributed by atoms with Crippen molar-refractivity contribution < 1.29 is 34.2 Å². The van der Waals surface area contributed by atoms with Crippen LogP contribution in [0.5, 0.6) is 0 Å². The molecule has 0 saturated carbocycles. The maximum atomic E-state index is 13.2. The molecule has 0 aliphatic rings. The summed E-state index contributed by atoms with van der Waals surface area (Å²) >= 11 is 1.39. The molecular formula is C22H42N10O7S. The normalized spacial score (nSPS) is 13.6. The van der Waals surface area contributed by atoms with E-state index in [1.54, 1.807) is 6.26 Å². The SMILES string of the molecule is CSCCC(NC(=O)C(CCCN=C(N)N)NC(=O)C(N)CCCN=C(N)N)C(=O)NC(CCC(=O)O)C(=O)O. The van der Waals surface area contributed by atoms with Gasteiger partial charge in [0.25, 0.3) is 0 Å². The van der Waals surface area contributed by atoms with Crippen LogP contribution in [0.25, 0.3) is 0 Å². The van der Waals surface area contributed by atoms with Crippen molar-refractivity contribution in [2.45, 2.75) is 69.1 Å². The molecule has 40 heavy (non-hydrogen) atoms. The Bertz CT molecular complexity index is 910. The molecule has 0 aromatic rings. The maximum Gasteiger partial charge on any atom is 0.326 e. The van der Waals surface area contributed by atoms with E-state index < -0.39 is 60.2 Å². The van der Waals surface area contributed by atoms with Crippen molar-refractivity contribution >= 4 is 53.3 Å². The maximum absolute atomic E-state index is 13.2. The molecule has 0 bridgehead atoms. The number of aliphatic imine (C=N–C) groups is 2. The van der Waals surface area contributed by atoms with Crippen LogP contribution < -0.4 is 44.6 Å². The smallest absolute Gasteiger partial charge is 0.326 e. The Labute approximate surface area is 236 Å². The molecule has 18 heteroatoms. The van der Waals surface area contributed by atoms with Gasteiger partial charge in [-0.3, -0.25) is 29.2 Å². The van der Waals surface area contributed by atoms with Crippen LogP contribution in [0, 0.1) is 0 Å². The van der Waals surface area contributed by atoms with E-state index in [1.807, 2.05) is 0 Å². The fourth-order valence-electron chi connectivity index (χ4n) is 3.28. The van der Waals surface area contributed by atoms with Crippen LogP contribution in [0.2, 0.25) is 0 Å². The van der Waals surface area contributed by atoms with Crippen LogP contribution in [-0.2, 0) is 24.0 Å². The molecule has 0 spiro atoms. The minimum Gasteiger partial charge on any atom is -0.481 e. The van der Waals surface area contributed by atoms with Gasteiger partial charge in [-0.25, -0.2) is 4.79 Å². The van der Waals surface area contributed by atoms with Crippen molar-refractivity contribution in [3.63, 3.8) is 0 Å². The van der Waals surface area contributed by atoms with Crippen molar-refractivity contribution in [1.29, 1.82) is 0 Å². The van der Waals surface area contributed by atoms with Gasteiger partial charge in [-0.2, -0.15) is 11.8 Å². The molecule has 0 heterocycles. The molecule has 0 aromatic heterocycles. The van der Waals surface area contributed by atoms with E-state index in [9.17, 15) is 29.1 Å². The summed E-state index contributed by atoms with van der Waals surface area (Å²) in [4.78, 5) is 68.8. The number of nitrogens with one attached hydrogen (secondary N) is 3. The molecule has 0 radical (unpaired) electrons. The summed E-state index contributed by atoms with van der Waals surface area (Å²) in [7, 11) is 0. The van der Waals surface area contributed by atoms with E-state index >= 15 is 0 Å². The van der Waals surface area contributed by atoms with Crippen molar-refractivity contribution in [3.8, 4) is 0 Å². The van der Waals surface area contributed by atoms with Gasteiger partial charge in [-0.15, -0.1) is 0 Å². The van der Waals surface area contributed by atoms with E-state index in [1.165, 1.54) is 11.8 Å². The number of guanidine groups is 2. The Morgan fingerprint density at radius 2 is 1.20 bits per heavy atom. The van der Waals surface area contributed by atoms with Gasteiger partial charge in [0, 0.05) is 19.5 Å². The minimum atomic E-state index is -1.47. The van der Waals surface area contributed by atoms with E-state index in [2.05, 4.69) is 25.9 Å². The highest BCUT2D eigenvalue weighted by molar-refractivity contribution is 7.98. The quantitative estimate of drug-likeness (QED) is 0.0354. The third kappa shape index (κ3) is 16.9. The first-order valence-electron chi connectivity index (χ1n) is 12.5. The Morgan fingerprint density at radius 3 is 1.68 bits per heavy atom. The molecule has 0 aliphatic carbocycles. The van der Waals surface area contributed by atoms with Crippen LogP contribution in [-0.4, -0.2) is 101 Å². The topological polar surface area (TPSA) is 317 Å². The van der Waals surface area contributed by atoms with Gasteiger partial charge < -0.3 is 54.8 Å². The third-order valence-corrected chi connectivity index (χ3v) is 6.03. The van der Waals surface area contributed by atoms with Gasteiger partial charge in [0.1, 0.15) is 18.1 Å². The summed E-state index contributed by atoms with van der Waals surface area (Å²) in [5, 5.41) is 25.6. The lowest BCUT2D eigenvalue weighted by molar-refractivity contribution is -0.143. The molecule has 4 atom stereocenters. The Balaban J connectivity index is 5.56. The number of aliphatic carboxylic acids is 2. The largest absolute Gasteiger partial charge is 0.481 e. The Kier molecular flexibility index (Phi) is 18.2. The number of nitrogens with two attached hydrogens (primary N) is 5. The van der Waals surface area contributed by atoms with Crippen LogP contribution in [0.15, 0.2) is 9.98 Å². The monoisotopic (exact) mass is 590 g/mol. The summed E-state index contributed by atoms with van der Waals surface area (Å²) < 4.78 is 0. The molecule has 0 saturated heterocycles. The summed E-state index contributed by atoms with van der Waals surface area (Å²) in [5.74, 6) is -4.55. The van der Waals surface area contributed by atoms with Crippen molar-refractivity contribution in [1.82, 2.24) is 16.0 Å². The van der Waals surface area contributed by atoms with Crippen LogP contribution in [0.4, 0.5) is 0 Å². The lowest BCUT2D eigenvalue weighted by atomic mass is 10.1. The standard InChI is InChI=1S/C22H42N10O7S/c1-40-11-8-14(19(37)32-15(20(38)39)6-7-16(33)34)31-18(36)13(5-3-10-29-22(26)27)30-17(35)12(23)4-2-9-28-21(24)25/h12-15H,2-11,23H2,1H3,(H,30,35)(H,31,36)(H,32,37)(H,33,34)(H,38,39)(H4,24,25,28)(H4,26,27,29). The van der Waals surface area contributed by atoms with Gasteiger partial charge in [0.2, 0.25) is 17.7 Å². The highest BCUT2D eigenvalue weighted by Gasteiger charge is 2.30. The molecule has 3 amide bonds. The molecular weight excluding hydrogens is 548 g/mol. The van der Waals surface area contributed by atoms with Gasteiger partial charge >= 0.3 is 11.9 Å². The van der Waals surface area contributed by atoms with Crippen molar-refractivity contribution in [2.75, 3.05) is 25.1 Å². The fraction of sp³-hybridized carbons (Fsp3) is 0.682. The first-order chi connectivity index (χ1) is 18.8. The number of carboxylic acid groups (broad SMARTS) is 2. The predicted molar refractivity (Wildman–Crippen MR) is 151 cm³/mol. The number of carbonyl (C=O) groups excluding carboxylic acids is 3. The van der Waals surface area contributed by atoms with E-state index in [0.717, 1.165) is 0 Å². The lowest BCUT2D eigenvalue weighted by Gasteiger charge is -2.25. The first kappa shape index (κ1) is 36.2. The van der Waals surface area contributed by atoms with Crippen LogP contribution in [0.3, 0.4) is 0 Å². The second-order valence-corrected chi connectivity index (χ2v) is 9.73. The molecule has 228 valence electrons. The number of nitrogens with zero attached hydrogens (tertiary/aromatic N) is 2. The molecule has 17 nitrogen and oxygen atoms in total. The lowest BCUT2D eigenvalue weighted by Crippen LogP contribution is -2.57. The summed E-state index contributed by atoms with van der Waals surface area (Å²) in [6, 6.07) is -4.71. The first-order valence-corrected chi connectivity index (χ1v) is 13.9. The summed E-state index contributed by atoms with van der Waals surface area (Å²) in [6.45, 7) is 0.439. The van der Waals surface area contributed by atoms with E-state index in [0.29, 0.717) is 18.6 Å². The number of thioether (sulfide) groups is 1. The molecule has 0 fully saturated rings. The number of hydrogen-bond acceptors (Lipinski definition) is 9. The number of carbonyl (C=O) groups is 5. The van der Waals surface area contributed by atoms with Crippen LogP contribution in [0.1, 0.15) is 44.9 Å². The summed E-state index contributed by atoms with van der Waals surface area (Å²) in [5.41, 5.74) is 27.1. The number of amides is 3. The predicted octanol–water partition coefficient (Wildman–Crippen LogP) is -3.42. The van der Waals surface area contributed by atoms with Gasteiger partial charge in [0.05, 0.1) is 6.04 Å². The Morgan fingerprint density at radius 1 is 0.725 bits per heavy atom. The molecule has 0 aromatic carbocycles. The average Bonchev–Trinajstić information content (AvgIpc) is 2.87. The highest BCUT2D eigenvalue weighted by Crippen LogP contribution is 2.07. The number of rotatable bonds is 21. The number of hydrogen-bond donors (Lipinski definition) is 10. The Hall–Kier alpha value is -3.80. The summed E-state index contributed by atoms with van der Waals surface area (Å²) in [6.07, 6.45) is 2.15. The minimum absolute atomic E-state index is 0.0906. The van der Waals surface area contributed by atoms with E-state index in [4.69, 9.17) is 33.8 Å². The van der Waals surface area contributed by atoms with Crippen molar-refractivity contribution in [3.05, 3.63) is 0 Å². The average molecular weight is 591 g/mol. The second kappa shape index (κ2) is 20.2. The molecule has 15 N–H and O–H groups in total. The fourth-order valence-corrected chi connectivity index (χ4v) is 3.75. The zero-order valence-corrected chi connectivity index (χ0v) is 23.3. The second-order valence-electron chi connectivity index (χ2n) is 8.74. The molecule has 0 aliphatic heterocycles. The van der Waals surface area contributed by atoms with E-state index in [-0.39, 0.29) is 50.7 Å². The van der Waals surface area contributed by atoms with Gasteiger partial charge in [-0.05, 0) is 50.5 Å².